The first-order valence-corrected chi connectivity index (χ1v) is 7.99. The van der Waals surface area contributed by atoms with E-state index in [1.54, 1.807) is 25.1 Å². The highest BCUT2D eigenvalue weighted by Gasteiger charge is 2.31. The van der Waals surface area contributed by atoms with Crippen LogP contribution in [0.4, 0.5) is 18.9 Å². The number of rotatable bonds is 5. The summed E-state index contributed by atoms with van der Waals surface area (Å²) in [5.74, 6) is -0.0534. The predicted octanol–water partition coefficient (Wildman–Crippen LogP) is 5.46. The Balaban J connectivity index is 2.16. The number of benzene rings is 2. The van der Waals surface area contributed by atoms with E-state index in [2.05, 4.69) is 5.32 Å². The second-order valence-corrected chi connectivity index (χ2v) is 5.92. The average Bonchev–Trinajstić information content (AvgIpc) is 2.53. The van der Waals surface area contributed by atoms with Gasteiger partial charge in [-0.05, 0) is 49.2 Å². The minimum Gasteiger partial charge on any atom is -0.481 e. The first-order chi connectivity index (χ1) is 11.7. The second-order valence-electron chi connectivity index (χ2n) is 5.51. The third kappa shape index (κ3) is 5.13. The topological polar surface area (TPSA) is 38.3 Å². The molecule has 0 aliphatic heterocycles. The molecule has 25 heavy (non-hydrogen) atoms. The molecule has 0 aromatic heterocycles. The van der Waals surface area contributed by atoms with E-state index in [0.717, 1.165) is 23.8 Å². The van der Waals surface area contributed by atoms with Crippen molar-refractivity contribution in [3.63, 3.8) is 0 Å². The zero-order valence-corrected chi connectivity index (χ0v) is 14.4. The third-order valence-corrected chi connectivity index (χ3v) is 3.81. The largest absolute Gasteiger partial charge is 0.481 e. The maximum absolute atomic E-state index is 12.8. The van der Waals surface area contributed by atoms with E-state index in [4.69, 9.17) is 16.3 Å². The van der Waals surface area contributed by atoms with Gasteiger partial charge in [-0.3, -0.25) is 4.79 Å². The molecule has 0 saturated carbocycles. The Hall–Kier alpha value is -2.21. The minimum atomic E-state index is -4.52. The Kier molecular flexibility index (Phi) is 5.95. The number of hydrogen-bond acceptors (Lipinski definition) is 2. The molecule has 1 amide bonds. The van der Waals surface area contributed by atoms with Crippen LogP contribution in [0.2, 0.25) is 5.02 Å². The van der Waals surface area contributed by atoms with Crippen LogP contribution >= 0.6 is 11.6 Å². The van der Waals surface area contributed by atoms with Crippen LogP contribution < -0.4 is 10.1 Å². The molecule has 2 aromatic rings. The molecule has 1 atom stereocenters. The number of amides is 1. The lowest BCUT2D eigenvalue weighted by molar-refractivity contribution is -0.137. The number of carbonyl (C=O) groups is 1. The maximum atomic E-state index is 12.8. The summed E-state index contributed by atoms with van der Waals surface area (Å²) in [6.45, 7) is 3.63. The van der Waals surface area contributed by atoms with E-state index >= 15 is 0 Å². The van der Waals surface area contributed by atoms with Gasteiger partial charge in [-0.1, -0.05) is 30.7 Å². The smallest absolute Gasteiger partial charge is 0.416 e. The highest BCUT2D eigenvalue weighted by Crippen LogP contribution is 2.34. The Bertz CT molecular complexity index is 762. The fourth-order valence-electron chi connectivity index (χ4n) is 2.19. The molecule has 0 spiro atoms. The average molecular weight is 372 g/mol. The van der Waals surface area contributed by atoms with Gasteiger partial charge in [0.15, 0.2) is 6.10 Å². The van der Waals surface area contributed by atoms with Crippen LogP contribution in [0, 0.1) is 6.92 Å². The summed E-state index contributed by atoms with van der Waals surface area (Å²) in [7, 11) is 0. The molecule has 0 radical (unpaired) electrons. The molecule has 7 heteroatoms. The lowest BCUT2D eigenvalue weighted by Crippen LogP contribution is -2.32. The second kappa shape index (κ2) is 7.78. The molecule has 0 fully saturated rings. The van der Waals surface area contributed by atoms with Crippen LogP contribution in [0.5, 0.6) is 5.75 Å². The first-order valence-electron chi connectivity index (χ1n) is 7.61. The van der Waals surface area contributed by atoms with Crippen LogP contribution in [0.1, 0.15) is 24.5 Å². The lowest BCUT2D eigenvalue weighted by atomic mass is 10.1. The van der Waals surface area contributed by atoms with Gasteiger partial charge in [-0.25, -0.2) is 0 Å². The summed E-state index contributed by atoms with van der Waals surface area (Å²) < 4.78 is 44.1. The van der Waals surface area contributed by atoms with E-state index < -0.39 is 23.8 Å². The van der Waals surface area contributed by atoms with Crippen LogP contribution in [-0.4, -0.2) is 12.0 Å². The fourth-order valence-corrected chi connectivity index (χ4v) is 2.35. The molecule has 134 valence electrons. The highest BCUT2D eigenvalue weighted by molar-refractivity contribution is 6.33. The van der Waals surface area contributed by atoms with Crippen molar-refractivity contribution in [3.05, 3.63) is 58.6 Å². The lowest BCUT2D eigenvalue weighted by Gasteiger charge is -2.18. The minimum absolute atomic E-state index is 0.0201. The zero-order valence-electron chi connectivity index (χ0n) is 13.7. The van der Waals surface area contributed by atoms with Crippen LogP contribution in [0.15, 0.2) is 42.5 Å². The van der Waals surface area contributed by atoms with Crippen LogP contribution in [0.25, 0.3) is 0 Å². The van der Waals surface area contributed by atoms with Crippen molar-refractivity contribution in [3.8, 4) is 5.75 Å². The molecule has 1 unspecified atom stereocenters. The summed E-state index contributed by atoms with van der Waals surface area (Å²) in [5, 5.41) is 2.43. The van der Waals surface area contributed by atoms with E-state index in [-0.39, 0.29) is 10.7 Å². The quantitative estimate of drug-likeness (QED) is 0.757. The van der Waals surface area contributed by atoms with E-state index in [1.165, 1.54) is 0 Å². The number of carbonyl (C=O) groups excluding carboxylic acids is 1. The molecule has 1 N–H and O–H groups in total. The van der Waals surface area contributed by atoms with Crippen molar-refractivity contribution >= 4 is 23.2 Å². The number of halogens is 4. The molecule has 2 aromatic carbocycles. The van der Waals surface area contributed by atoms with Crippen molar-refractivity contribution in [2.45, 2.75) is 32.5 Å². The standard InChI is InChI=1S/C18H17ClF3NO2/c1-3-16(25-13-6-4-5-11(2)9-13)17(24)23-15-10-12(18(20,21)22)7-8-14(15)19/h4-10,16H,3H2,1-2H3,(H,23,24). The number of anilines is 1. The van der Waals surface area contributed by atoms with E-state index in [0.29, 0.717) is 12.2 Å². The molecule has 3 nitrogen and oxygen atoms in total. The first kappa shape index (κ1) is 19.1. The van der Waals surface area contributed by atoms with Gasteiger partial charge in [0.05, 0.1) is 16.3 Å². The number of ether oxygens (including phenoxy) is 1. The monoisotopic (exact) mass is 371 g/mol. The molecule has 0 heterocycles. The SMILES string of the molecule is CCC(Oc1cccc(C)c1)C(=O)Nc1cc(C(F)(F)F)ccc1Cl. The van der Waals surface area contributed by atoms with Gasteiger partial charge in [0.1, 0.15) is 5.75 Å². The fraction of sp³-hybridized carbons (Fsp3) is 0.278. The van der Waals surface area contributed by atoms with Gasteiger partial charge < -0.3 is 10.1 Å². The normalized spacial score (nSPS) is 12.6. The number of aryl methyl sites for hydroxylation is 1. The molecule has 0 saturated heterocycles. The van der Waals surface area contributed by atoms with E-state index in [9.17, 15) is 18.0 Å². The predicted molar refractivity (Wildman–Crippen MR) is 91.0 cm³/mol. The summed E-state index contributed by atoms with van der Waals surface area (Å²) >= 11 is 5.90. The number of hydrogen-bond donors (Lipinski definition) is 1. The highest BCUT2D eigenvalue weighted by atomic mass is 35.5. The molecule has 0 aliphatic carbocycles. The van der Waals surface area contributed by atoms with Crippen LogP contribution in [-0.2, 0) is 11.0 Å². The van der Waals surface area contributed by atoms with Gasteiger partial charge in [0.25, 0.3) is 5.91 Å². The van der Waals surface area contributed by atoms with Crippen molar-refractivity contribution in [1.82, 2.24) is 0 Å². The molecule has 0 aliphatic rings. The molecule has 0 bridgehead atoms. The Morgan fingerprint density at radius 3 is 2.56 bits per heavy atom. The van der Waals surface area contributed by atoms with Gasteiger partial charge in [0, 0.05) is 0 Å². The van der Waals surface area contributed by atoms with Gasteiger partial charge in [-0.2, -0.15) is 13.2 Å². The Morgan fingerprint density at radius 2 is 1.96 bits per heavy atom. The summed E-state index contributed by atoms with van der Waals surface area (Å²) in [6, 6.07) is 9.92. The molecular weight excluding hydrogens is 355 g/mol. The van der Waals surface area contributed by atoms with Gasteiger partial charge >= 0.3 is 6.18 Å². The van der Waals surface area contributed by atoms with Crippen molar-refractivity contribution < 1.29 is 22.7 Å². The molecule has 2 rings (SSSR count). The Labute approximate surface area is 148 Å². The third-order valence-electron chi connectivity index (χ3n) is 3.48. The van der Waals surface area contributed by atoms with Crippen LogP contribution in [0.3, 0.4) is 0 Å². The number of alkyl halides is 3. The summed E-state index contributed by atoms with van der Waals surface area (Å²) in [4.78, 5) is 12.4. The van der Waals surface area contributed by atoms with Crippen molar-refractivity contribution in [2.24, 2.45) is 0 Å². The number of nitrogens with one attached hydrogen (secondary N) is 1. The van der Waals surface area contributed by atoms with Crippen molar-refractivity contribution in [1.29, 1.82) is 0 Å². The summed E-state index contributed by atoms with van der Waals surface area (Å²) in [6.07, 6.45) is -5.03. The Morgan fingerprint density at radius 1 is 1.24 bits per heavy atom. The van der Waals surface area contributed by atoms with E-state index in [1.807, 2.05) is 13.0 Å². The zero-order chi connectivity index (χ0) is 18.6. The van der Waals surface area contributed by atoms with Crippen molar-refractivity contribution in [2.75, 3.05) is 5.32 Å². The summed E-state index contributed by atoms with van der Waals surface area (Å²) in [5.41, 5.74) is -0.0266. The van der Waals surface area contributed by atoms with Gasteiger partial charge in [0.2, 0.25) is 0 Å². The van der Waals surface area contributed by atoms with Gasteiger partial charge in [-0.15, -0.1) is 0 Å². The maximum Gasteiger partial charge on any atom is 0.416 e. The molecular formula is C18H17ClF3NO2.